The lowest BCUT2D eigenvalue weighted by Gasteiger charge is -2.16. The molecule has 19 heavy (non-hydrogen) atoms. The predicted octanol–water partition coefficient (Wildman–Crippen LogP) is 2.14. The van der Waals surface area contributed by atoms with Gasteiger partial charge in [-0.3, -0.25) is 9.59 Å². The molecule has 4 heteroatoms. The lowest BCUT2D eigenvalue weighted by molar-refractivity contribution is -0.156. The summed E-state index contributed by atoms with van der Waals surface area (Å²) in [6, 6.07) is 9.61. The van der Waals surface area contributed by atoms with Crippen LogP contribution in [-0.2, 0) is 25.5 Å². The Kier molecular flexibility index (Phi) is 5.79. The number of hydrogen-bond donors (Lipinski definition) is 0. The number of carbonyl (C=O) groups is 2. The molecular weight excluding hydrogens is 244 g/mol. The van der Waals surface area contributed by atoms with Gasteiger partial charge in [0.25, 0.3) is 0 Å². The molecular formula is C15H18O4. The molecule has 0 amide bonds. The normalized spacial score (nSPS) is 11.3. The van der Waals surface area contributed by atoms with Crippen molar-refractivity contribution in [2.75, 3.05) is 14.2 Å². The second-order valence-electron chi connectivity index (χ2n) is 4.01. The van der Waals surface area contributed by atoms with E-state index in [4.69, 9.17) is 0 Å². The van der Waals surface area contributed by atoms with E-state index in [1.165, 1.54) is 14.2 Å². The maximum Gasteiger partial charge on any atom is 0.324 e. The number of ether oxygens (including phenoxy) is 2. The average Bonchev–Trinajstić information content (AvgIpc) is 2.46. The van der Waals surface area contributed by atoms with E-state index >= 15 is 0 Å². The summed E-state index contributed by atoms with van der Waals surface area (Å²) < 4.78 is 9.35. The van der Waals surface area contributed by atoms with E-state index in [0.29, 0.717) is 12.0 Å². The molecule has 4 nitrogen and oxygen atoms in total. The molecule has 0 saturated carbocycles. The van der Waals surface area contributed by atoms with Crippen molar-refractivity contribution in [2.24, 2.45) is 5.92 Å². The van der Waals surface area contributed by atoms with Gasteiger partial charge < -0.3 is 9.47 Å². The van der Waals surface area contributed by atoms with Crippen LogP contribution in [0.3, 0.4) is 0 Å². The predicted molar refractivity (Wildman–Crippen MR) is 71.4 cm³/mol. The minimum absolute atomic E-state index is 0.506. The third-order valence-electron chi connectivity index (χ3n) is 2.87. The van der Waals surface area contributed by atoms with Crippen LogP contribution >= 0.6 is 0 Å². The van der Waals surface area contributed by atoms with Gasteiger partial charge in [0.1, 0.15) is 0 Å². The monoisotopic (exact) mass is 262 g/mol. The van der Waals surface area contributed by atoms with E-state index in [0.717, 1.165) is 5.56 Å². The number of esters is 2. The van der Waals surface area contributed by atoms with Crippen LogP contribution in [0.1, 0.15) is 12.5 Å². The van der Waals surface area contributed by atoms with Crippen LogP contribution in [0.4, 0.5) is 0 Å². The fraction of sp³-hybridized carbons (Fsp3) is 0.333. The Bertz CT molecular complexity index is 446. The van der Waals surface area contributed by atoms with Gasteiger partial charge in [0.15, 0.2) is 5.92 Å². The summed E-state index contributed by atoms with van der Waals surface area (Å²) >= 11 is 0. The molecule has 0 aliphatic heterocycles. The second-order valence-corrected chi connectivity index (χ2v) is 4.01. The molecule has 0 bridgehead atoms. The standard InChI is InChI=1S/C15H18O4/c1-4-12(10-11-8-6-5-7-9-11)13(14(16)18-2)15(17)19-3/h4-9,13H,10H2,1-3H3/b12-4-. The quantitative estimate of drug-likeness (QED) is 0.463. The van der Waals surface area contributed by atoms with Gasteiger partial charge in [0, 0.05) is 0 Å². The first kappa shape index (κ1) is 15.0. The number of benzene rings is 1. The lowest BCUT2D eigenvalue weighted by Crippen LogP contribution is -2.29. The van der Waals surface area contributed by atoms with E-state index < -0.39 is 17.9 Å². The molecule has 0 N–H and O–H groups in total. The Hall–Kier alpha value is -2.10. The maximum atomic E-state index is 11.7. The van der Waals surface area contributed by atoms with Crippen LogP contribution < -0.4 is 0 Å². The Morgan fingerprint density at radius 3 is 2.05 bits per heavy atom. The largest absolute Gasteiger partial charge is 0.468 e. The Labute approximate surface area is 113 Å². The smallest absolute Gasteiger partial charge is 0.324 e. The zero-order chi connectivity index (χ0) is 14.3. The van der Waals surface area contributed by atoms with Gasteiger partial charge in [0.2, 0.25) is 0 Å². The number of methoxy groups -OCH3 is 2. The van der Waals surface area contributed by atoms with Gasteiger partial charge in [-0.05, 0) is 24.5 Å². The highest BCUT2D eigenvalue weighted by Gasteiger charge is 2.31. The number of carbonyl (C=O) groups excluding carboxylic acids is 2. The molecule has 102 valence electrons. The second kappa shape index (κ2) is 7.36. The molecule has 0 aromatic heterocycles. The molecule has 0 fully saturated rings. The zero-order valence-electron chi connectivity index (χ0n) is 11.4. The van der Waals surface area contributed by atoms with Gasteiger partial charge in [-0.1, -0.05) is 36.4 Å². The minimum Gasteiger partial charge on any atom is -0.468 e. The van der Waals surface area contributed by atoms with Crippen molar-refractivity contribution in [2.45, 2.75) is 13.3 Å². The van der Waals surface area contributed by atoms with Crippen LogP contribution in [0.5, 0.6) is 0 Å². The molecule has 0 aliphatic rings. The average molecular weight is 262 g/mol. The molecule has 0 aliphatic carbocycles. The van der Waals surface area contributed by atoms with Crippen molar-refractivity contribution in [3.05, 3.63) is 47.5 Å². The molecule has 0 atom stereocenters. The molecule has 0 radical (unpaired) electrons. The third-order valence-corrected chi connectivity index (χ3v) is 2.87. The fourth-order valence-corrected chi connectivity index (χ4v) is 1.84. The summed E-state index contributed by atoms with van der Waals surface area (Å²) in [5.41, 5.74) is 1.69. The lowest BCUT2D eigenvalue weighted by atomic mass is 9.92. The number of hydrogen-bond acceptors (Lipinski definition) is 4. The summed E-state index contributed by atoms with van der Waals surface area (Å²) in [6.07, 6.45) is 2.26. The van der Waals surface area contributed by atoms with E-state index in [9.17, 15) is 9.59 Å². The van der Waals surface area contributed by atoms with E-state index in [1.807, 2.05) is 30.3 Å². The maximum absolute atomic E-state index is 11.7. The first-order chi connectivity index (χ1) is 9.13. The highest BCUT2D eigenvalue weighted by Crippen LogP contribution is 2.20. The number of rotatable bonds is 5. The van der Waals surface area contributed by atoms with Crippen LogP contribution in [-0.4, -0.2) is 26.2 Å². The topological polar surface area (TPSA) is 52.6 Å². The van der Waals surface area contributed by atoms with Crippen molar-refractivity contribution in [1.82, 2.24) is 0 Å². The van der Waals surface area contributed by atoms with Crippen molar-refractivity contribution >= 4 is 11.9 Å². The van der Waals surface area contributed by atoms with E-state index in [-0.39, 0.29) is 0 Å². The Morgan fingerprint density at radius 1 is 1.11 bits per heavy atom. The summed E-state index contributed by atoms with van der Waals surface area (Å²) in [4.78, 5) is 23.5. The highest BCUT2D eigenvalue weighted by atomic mass is 16.5. The van der Waals surface area contributed by atoms with Gasteiger partial charge in [-0.2, -0.15) is 0 Å². The number of allylic oxidation sites excluding steroid dienone is 1. The molecule has 0 saturated heterocycles. The first-order valence-corrected chi connectivity index (χ1v) is 5.98. The summed E-state index contributed by atoms with van der Waals surface area (Å²) in [7, 11) is 2.52. The van der Waals surface area contributed by atoms with Crippen molar-refractivity contribution in [1.29, 1.82) is 0 Å². The molecule has 1 aromatic rings. The van der Waals surface area contributed by atoms with Gasteiger partial charge in [-0.15, -0.1) is 0 Å². The van der Waals surface area contributed by atoms with Gasteiger partial charge in [-0.25, -0.2) is 0 Å². The van der Waals surface area contributed by atoms with Crippen molar-refractivity contribution in [3.8, 4) is 0 Å². The van der Waals surface area contributed by atoms with Gasteiger partial charge in [0.05, 0.1) is 14.2 Å². The molecule has 0 spiro atoms. The third kappa shape index (κ3) is 3.95. The molecule has 0 unspecified atom stereocenters. The van der Waals surface area contributed by atoms with Gasteiger partial charge >= 0.3 is 11.9 Å². The summed E-state index contributed by atoms with van der Waals surface area (Å²) in [5.74, 6) is -2.20. The molecule has 0 heterocycles. The van der Waals surface area contributed by atoms with Crippen LogP contribution in [0.25, 0.3) is 0 Å². The first-order valence-electron chi connectivity index (χ1n) is 5.98. The van der Waals surface area contributed by atoms with Crippen molar-refractivity contribution in [3.63, 3.8) is 0 Å². The van der Waals surface area contributed by atoms with E-state index in [2.05, 4.69) is 9.47 Å². The summed E-state index contributed by atoms with van der Waals surface area (Å²) in [5, 5.41) is 0. The van der Waals surface area contributed by atoms with Crippen LogP contribution in [0.15, 0.2) is 42.0 Å². The molecule has 1 aromatic carbocycles. The highest BCUT2D eigenvalue weighted by molar-refractivity contribution is 5.98. The SMILES string of the molecule is C/C=C(/Cc1ccccc1)C(C(=O)OC)C(=O)OC. The van der Waals surface area contributed by atoms with Crippen molar-refractivity contribution < 1.29 is 19.1 Å². The van der Waals surface area contributed by atoms with E-state index in [1.54, 1.807) is 13.0 Å². The summed E-state index contributed by atoms with van der Waals surface area (Å²) in [6.45, 7) is 1.79. The van der Waals surface area contributed by atoms with Crippen LogP contribution in [0, 0.1) is 5.92 Å². The Morgan fingerprint density at radius 2 is 1.63 bits per heavy atom. The van der Waals surface area contributed by atoms with Crippen LogP contribution in [0.2, 0.25) is 0 Å². The Balaban J connectivity index is 2.98. The zero-order valence-corrected chi connectivity index (χ0v) is 11.4. The molecule has 1 rings (SSSR count). The fourth-order valence-electron chi connectivity index (χ4n) is 1.84. The minimum atomic E-state index is -1.000.